The topological polar surface area (TPSA) is 54.2 Å². The van der Waals surface area contributed by atoms with Crippen LogP contribution in [0.4, 0.5) is 4.39 Å². The van der Waals surface area contributed by atoms with Crippen molar-refractivity contribution in [2.45, 2.75) is 18.6 Å². The minimum atomic E-state index is -0.310. The SMILES string of the molecule is Fc1ccc(-c2ccc([C@H]3[C@@H](c4ccccn4)NC(=S)N3Cc3cccnc3)o2)c(Br)c1. The molecule has 3 aromatic heterocycles. The maximum atomic E-state index is 13.6. The predicted molar refractivity (Wildman–Crippen MR) is 127 cm³/mol. The molecule has 1 aromatic carbocycles. The van der Waals surface area contributed by atoms with Gasteiger partial charge in [-0.15, -0.1) is 0 Å². The molecule has 1 saturated heterocycles. The van der Waals surface area contributed by atoms with Gasteiger partial charge in [0.25, 0.3) is 0 Å². The van der Waals surface area contributed by atoms with Gasteiger partial charge in [0, 0.05) is 35.2 Å². The summed E-state index contributed by atoms with van der Waals surface area (Å²) in [5, 5.41) is 4.03. The van der Waals surface area contributed by atoms with E-state index < -0.39 is 0 Å². The number of furan rings is 1. The molecule has 160 valence electrons. The van der Waals surface area contributed by atoms with Crippen molar-refractivity contribution in [3.05, 3.63) is 107 Å². The Labute approximate surface area is 198 Å². The number of rotatable bonds is 5. The van der Waals surface area contributed by atoms with Gasteiger partial charge in [0.15, 0.2) is 5.11 Å². The van der Waals surface area contributed by atoms with Crippen LogP contribution in [0.25, 0.3) is 11.3 Å². The third-order valence-electron chi connectivity index (χ3n) is 5.39. The highest BCUT2D eigenvalue weighted by Gasteiger charge is 2.41. The fourth-order valence-corrected chi connectivity index (χ4v) is 4.77. The minimum absolute atomic E-state index is 0.184. The Balaban J connectivity index is 1.55. The Hall–Kier alpha value is -3.10. The summed E-state index contributed by atoms with van der Waals surface area (Å²) < 4.78 is 20.5. The van der Waals surface area contributed by atoms with Crippen LogP contribution >= 0.6 is 28.1 Å². The summed E-state index contributed by atoms with van der Waals surface area (Å²) in [5.41, 5.74) is 2.69. The minimum Gasteiger partial charge on any atom is -0.459 e. The van der Waals surface area contributed by atoms with Gasteiger partial charge in [-0.05, 0) is 82.2 Å². The van der Waals surface area contributed by atoms with Crippen LogP contribution in [0.3, 0.4) is 0 Å². The number of benzene rings is 1. The molecule has 0 saturated carbocycles. The van der Waals surface area contributed by atoms with Crippen molar-refractivity contribution in [1.82, 2.24) is 20.2 Å². The van der Waals surface area contributed by atoms with E-state index in [4.69, 9.17) is 16.6 Å². The molecular formula is C24H18BrFN4OS. The van der Waals surface area contributed by atoms with E-state index in [9.17, 15) is 4.39 Å². The number of nitrogens with zero attached hydrogens (tertiary/aromatic N) is 3. The Morgan fingerprint density at radius 2 is 2.00 bits per heavy atom. The van der Waals surface area contributed by atoms with Gasteiger partial charge < -0.3 is 14.6 Å². The molecule has 0 amide bonds. The van der Waals surface area contributed by atoms with Gasteiger partial charge in [0.2, 0.25) is 0 Å². The normalized spacial score (nSPS) is 18.1. The molecule has 4 aromatic rings. The van der Waals surface area contributed by atoms with Crippen molar-refractivity contribution in [3.63, 3.8) is 0 Å². The maximum absolute atomic E-state index is 13.6. The lowest BCUT2D eigenvalue weighted by molar-refractivity contribution is 0.269. The number of thiocarbonyl (C=S) groups is 1. The summed E-state index contributed by atoms with van der Waals surface area (Å²) in [4.78, 5) is 10.9. The van der Waals surface area contributed by atoms with E-state index in [1.165, 1.54) is 12.1 Å². The van der Waals surface area contributed by atoms with Crippen molar-refractivity contribution < 1.29 is 8.81 Å². The van der Waals surface area contributed by atoms with Crippen LogP contribution in [0.5, 0.6) is 0 Å². The number of nitrogens with one attached hydrogen (secondary N) is 1. The van der Waals surface area contributed by atoms with Gasteiger partial charge in [-0.2, -0.15) is 0 Å². The van der Waals surface area contributed by atoms with E-state index in [0.29, 0.717) is 21.9 Å². The molecule has 32 heavy (non-hydrogen) atoms. The van der Waals surface area contributed by atoms with Crippen LogP contribution in [0, 0.1) is 5.82 Å². The number of hydrogen-bond acceptors (Lipinski definition) is 4. The standard InChI is InChI=1S/C24H18BrFN4OS/c25-18-12-16(26)6-7-17(18)20-8-9-21(31-20)23-22(19-5-1-2-11-28-19)29-24(32)30(23)14-15-4-3-10-27-13-15/h1-13,22-23H,14H2,(H,29,32)/t22-,23+/m1/s1. The highest BCUT2D eigenvalue weighted by molar-refractivity contribution is 9.10. The smallest absolute Gasteiger partial charge is 0.170 e. The van der Waals surface area contributed by atoms with Crippen LogP contribution in [0.1, 0.15) is 29.1 Å². The molecule has 8 heteroatoms. The second kappa shape index (κ2) is 8.80. The zero-order valence-corrected chi connectivity index (χ0v) is 19.2. The third kappa shape index (κ3) is 4.03. The van der Waals surface area contributed by atoms with Crippen molar-refractivity contribution in [2.24, 2.45) is 0 Å². The maximum Gasteiger partial charge on any atom is 0.170 e. The second-order valence-electron chi connectivity index (χ2n) is 7.44. The largest absolute Gasteiger partial charge is 0.459 e. The average molecular weight is 509 g/mol. The molecule has 0 radical (unpaired) electrons. The summed E-state index contributed by atoms with van der Waals surface area (Å²) in [6.07, 6.45) is 5.35. The fraction of sp³-hybridized carbons (Fsp3) is 0.125. The van der Waals surface area contributed by atoms with Crippen molar-refractivity contribution >= 4 is 33.3 Å². The molecule has 5 nitrogen and oxygen atoms in total. The lowest BCUT2D eigenvalue weighted by atomic mass is 10.0. The number of pyridine rings is 2. The lowest BCUT2D eigenvalue weighted by Crippen LogP contribution is -2.29. The van der Waals surface area contributed by atoms with E-state index in [0.717, 1.165) is 22.6 Å². The van der Waals surface area contributed by atoms with E-state index in [-0.39, 0.29) is 17.9 Å². The molecule has 2 atom stereocenters. The Bertz CT molecular complexity index is 1250. The first-order valence-corrected chi connectivity index (χ1v) is 11.2. The lowest BCUT2D eigenvalue weighted by Gasteiger charge is -2.26. The first-order valence-electron chi connectivity index (χ1n) is 10.0. The van der Waals surface area contributed by atoms with Gasteiger partial charge in [-0.25, -0.2) is 4.39 Å². The highest BCUT2D eigenvalue weighted by Crippen LogP contribution is 2.41. The Morgan fingerprint density at radius 3 is 2.75 bits per heavy atom. The summed E-state index contributed by atoms with van der Waals surface area (Å²) in [6, 6.07) is 17.7. The molecule has 1 N–H and O–H groups in total. The molecule has 1 fully saturated rings. The highest BCUT2D eigenvalue weighted by atomic mass is 79.9. The Morgan fingerprint density at radius 1 is 1.09 bits per heavy atom. The zero-order valence-electron chi connectivity index (χ0n) is 16.8. The van der Waals surface area contributed by atoms with E-state index >= 15 is 0 Å². The zero-order chi connectivity index (χ0) is 22.1. The van der Waals surface area contributed by atoms with Gasteiger partial charge in [-0.1, -0.05) is 12.1 Å². The molecule has 0 aliphatic carbocycles. The molecular weight excluding hydrogens is 491 g/mol. The molecule has 0 spiro atoms. The third-order valence-corrected chi connectivity index (χ3v) is 6.40. The quantitative estimate of drug-likeness (QED) is 0.343. The molecule has 0 bridgehead atoms. The molecule has 0 unspecified atom stereocenters. The summed E-state index contributed by atoms with van der Waals surface area (Å²) in [7, 11) is 0. The van der Waals surface area contributed by atoms with Crippen LogP contribution in [-0.4, -0.2) is 20.0 Å². The molecule has 1 aliphatic rings. The van der Waals surface area contributed by atoms with E-state index in [1.807, 2.05) is 48.7 Å². The van der Waals surface area contributed by atoms with Crippen LogP contribution < -0.4 is 5.32 Å². The monoisotopic (exact) mass is 508 g/mol. The summed E-state index contributed by atoms with van der Waals surface area (Å²) in [6.45, 7) is 0.573. The van der Waals surface area contributed by atoms with Crippen molar-refractivity contribution in [1.29, 1.82) is 0 Å². The van der Waals surface area contributed by atoms with Crippen LogP contribution in [0.2, 0.25) is 0 Å². The van der Waals surface area contributed by atoms with E-state index in [1.54, 1.807) is 18.5 Å². The molecule has 4 heterocycles. The molecule has 1 aliphatic heterocycles. The van der Waals surface area contributed by atoms with Crippen molar-refractivity contribution in [3.8, 4) is 11.3 Å². The molecule has 5 rings (SSSR count). The number of hydrogen-bond donors (Lipinski definition) is 1. The number of aromatic nitrogens is 2. The second-order valence-corrected chi connectivity index (χ2v) is 8.68. The van der Waals surface area contributed by atoms with E-state index in [2.05, 4.69) is 36.1 Å². The van der Waals surface area contributed by atoms with Gasteiger partial charge in [0.05, 0.1) is 11.7 Å². The fourth-order valence-electron chi connectivity index (χ4n) is 3.92. The average Bonchev–Trinajstić information content (AvgIpc) is 3.40. The predicted octanol–water partition coefficient (Wildman–Crippen LogP) is 5.81. The van der Waals surface area contributed by atoms with Crippen LogP contribution in [0.15, 0.2) is 88.1 Å². The van der Waals surface area contributed by atoms with Gasteiger partial charge in [0.1, 0.15) is 23.4 Å². The summed E-state index contributed by atoms with van der Waals surface area (Å²) in [5.74, 6) is 1.07. The Kier molecular flexibility index (Phi) is 5.71. The van der Waals surface area contributed by atoms with Gasteiger partial charge >= 0.3 is 0 Å². The van der Waals surface area contributed by atoms with Gasteiger partial charge in [-0.3, -0.25) is 9.97 Å². The van der Waals surface area contributed by atoms with Crippen molar-refractivity contribution in [2.75, 3.05) is 0 Å². The first-order chi connectivity index (χ1) is 15.6. The first kappa shape index (κ1) is 20.8. The number of halogens is 2. The van der Waals surface area contributed by atoms with Crippen LogP contribution in [-0.2, 0) is 6.54 Å². The summed E-state index contributed by atoms with van der Waals surface area (Å²) >= 11 is 9.14.